The summed E-state index contributed by atoms with van der Waals surface area (Å²) >= 11 is 0. The molecule has 0 saturated carbocycles. The van der Waals surface area contributed by atoms with E-state index in [1.807, 2.05) is 0 Å². The van der Waals surface area contributed by atoms with Crippen LogP contribution in [0.4, 0.5) is 0 Å². The molecule has 128 heavy (non-hydrogen) atoms. The topological polar surface area (TPSA) is 709 Å². The summed E-state index contributed by atoms with van der Waals surface area (Å²) in [6.07, 6.45) is -19.0. The number of hydrogen-bond acceptors (Lipinski definition) is 40. The van der Waals surface area contributed by atoms with Crippen LogP contribution < -0.4 is 18.9 Å². The molecule has 0 fully saturated rings. The minimum atomic E-state index is -2.62. The second-order valence-electron chi connectivity index (χ2n) is 29.9. The maximum atomic E-state index is 15.6. The van der Waals surface area contributed by atoms with E-state index in [0.717, 1.165) is 78.9 Å². The Balaban J connectivity index is 1.03. The minimum Gasteiger partial charge on any atom is -0.508 e. The number of esters is 4. The van der Waals surface area contributed by atoms with Gasteiger partial charge < -0.3 is 181 Å². The van der Waals surface area contributed by atoms with Gasteiger partial charge in [0.15, 0.2) is 158 Å². The fourth-order valence-corrected chi connectivity index (χ4v) is 16.2. The molecule has 0 aromatic heterocycles. The first-order chi connectivity index (χ1) is 60.6. The van der Waals surface area contributed by atoms with E-state index in [0.29, 0.717) is 72.8 Å². The molecule has 16 rings (SSSR count). The largest absolute Gasteiger partial charge is 0.508 e. The highest BCUT2D eigenvalue weighted by molar-refractivity contribution is 5.94. The fraction of sp³-hybridized carbons (Fsp3) is 0.136. The van der Waals surface area contributed by atoms with Crippen LogP contribution >= 0.6 is 0 Å². The van der Waals surface area contributed by atoms with Crippen molar-refractivity contribution in [1.29, 1.82) is 0 Å². The molecule has 4 aliphatic heterocycles. The molecule has 4 aliphatic rings. The first-order valence-corrected chi connectivity index (χ1v) is 37.5. The molecule has 3 unspecified atom stereocenters. The molecule has 0 bridgehead atoms. The number of phenolic OH excluding ortho intramolecular Hbond substituents is 28. The van der Waals surface area contributed by atoms with Crippen molar-refractivity contribution >= 4 is 23.9 Å². The number of hydrogen-bond donors (Lipinski definition) is 28. The van der Waals surface area contributed by atoms with Crippen LogP contribution in [-0.2, 0) is 25.4 Å². The van der Waals surface area contributed by atoms with Crippen LogP contribution in [0, 0.1) is 0 Å². The Morgan fingerprint density at radius 3 is 0.805 bits per heavy atom. The number of aromatic hydroxyl groups is 28. The zero-order valence-corrected chi connectivity index (χ0v) is 64.4. The lowest BCUT2D eigenvalue weighted by Gasteiger charge is -2.45. The van der Waals surface area contributed by atoms with Gasteiger partial charge in [0.2, 0.25) is 0 Å². The maximum Gasteiger partial charge on any atom is 0.338 e. The van der Waals surface area contributed by atoms with Gasteiger partial charge in [0, 0.05) is 98.0 Å². The zero-order chi connectivity index (χ0) is 91.8. The third-order valence-electron chi connectivity index (χ3n) is 22.1. The predicted molar refractivity (Wildman–Crippen MR) is 423 cm³/mol. The average molecular weight is 1760 g/mol. The van der Waals surface area contributed by atoms with Crippen LogP contribution in [0.25, 0.3) is 0 Å². The Hall–Kier alpha value is -17.9. The van der Waals surface area contributed by atoms with Crippen LogP contribution in [0.5, 0.6) is 184 Å². The molecule has 40 heteroatoms. The highest BCUT2D eigenvalue weighted by atomic mass is 16.6. The second-order valence-corrected chi connectivity index (χ2v) is 29.9. The van der Waals surface area contributed by atoms with Crippen molar-refractivity contribution in [3.05, 3.63) is 235 Å². The van der Waals surface area contributed by atoms with Crippen LogP contribution in [0.3, 0.4) is 0 Å². The number of carbonyl (C=O) groups excluding carboxylic acids is 4. The van der Waals surface area contributed by atoms with Crippen LogP contribution in [-0.4, -0.2) is 191 Å². The highest BCUT2D eigenvalue weighted by Gasteiger charge is 2.57. The van der Waals surface area contributed by atoms with E-state index in [4.69, 9.17) is 37.9 Å². The summed E-state index contributed by atoms with van der Waals surface area (Å²) in [7, 11) is 0. The van der Waals surface area contributed by atoms with Gasteiger partial charge in [-0.3, -0.25) is 0 Å². The average Bonchev–Trinajstić information content (AvgIpc) is 0.699. The number of phenols is 28. The fourth-order valence-electron chi connectivity index (χ4n) is 16.2. The van der Waals surface area contributed by atoms with Crippen molar-refractivity contribution in [2.75, 3.05) is 0 Å². The molecule has 4 heterocycles. The van der Waals surface area contributed by atoms with Gasteiger partial charge in [0.05, 0.1) is 40.0 Å². The Labute approximate surface area is 713 Å². The summed E-state index contributed by atoms with van der Waals surface area (Å²) in [5.41, 5.74) is -10.7. The van der Waals surface area contributed by atoms with Gasteiger partial charge in [-0.15, -0.1) is 0 Å². The van der Waals surface area contributed by atoms with Gasteiger partial charge in [0.1, 0.15) is 75.1 Å². The van der Waals surface area contributed by atoms with E-state index in [1.165, 1.54) is 0 Å². The lowest BCUT2D eigenvalue weighted by molar-refractivity contribution is -0.0364. The van der Waals surface area contributed by atoms with Gasteiger partial charge >= 0.3 is 23.9 Å². The Morgan fingerprint density at radius 1 is 0.234 bits per heavy atom. The van der Waals surface area contributed by atoms with Gasteiger partial charge in [-0.1, -0.05) is 24.3 Å². The van der Waals surface area contributed by atoms with E-state index >= 15 is 14.4 Å². The van der Waals surface area contributed by atoms with Crippen molar-refractivity contribution in [2.24, 2.45) is 0 Å². The molecule has 0 saturated heterocycles. The van der Waals surface area contributed by atoms with Gasteiger partial charge in [-0.05, 0) is 97.1 Å². The first kappa shape index (κ1) is 83.8. The molecular weight excluding hydrogens is 1700 g/mol. The van der Waals surface area contributed by atoms with Crippen molar-refractivity contribution in [3.63, 3.8) is 0 Å². The van der Waals surface area contributed by atoms with Crippen molar-refractivity contribution < 1.29 is 200 Å². The van der Waals surface area contributed by atoms with E-state index < -0.39 is 353 Å². The molecule has 40 nitrogen and oxygen atoms in total. The summed E-state index contributed by atoms with van der Waals surface area (Å²) < 4.78 is 52.5. The first-order valence-electron chi connectivity index (χ1n) is 37.5. The molecule has 12 aromatic carbocycles. The molecule has 0 spiro atoms. The van der Waals surface area contributed by atoms with Gasteiger partial charge in [0.25, 0.3) is 0 Å². The molecule has 0 amide bonds. The van der Waals surface area contributed by atoms with E-state index in [-0.39, 0.29) is 11.1 Å². The van der Waals surface area contributed by atoms with E-state index in [9.17, 15) is 148 Å². The van der Waals surface area contributed by atoms with Gasteiger partial charge in [-0.2, -0.15) is 0 Å². The Morgan fingerprint density at radius 2 is 0.492 bits per heavy atom. The van der Waals surface area contributed by atoms with Crippen molar-refractivity contribution in [2.45, 2.75) is 73.0 Å². The summed E-state index contributed by atoms with van der Waals surface area (Å²) in [5.74, 6) is -47.4. The summed E-state index contributed by atoms with van der Waals surface area (Å²) in [4.78, 5) is 60.4. The molecule has 0 radical (unpaired) electrons. The highest BCUT2D eigenvalue weighted by Crippen LogP contribution is 2.67. The molecule has 28 N–H and O–H groups in total. The molecule has 658 valence electrons. The zero-order valence-electron chi connectivity index (χ0n) is 64.4. The molecular formula is C88H66O40. The quantitative estimate of drug-likeness (QED) is 0.0258. The maximum absolute atomic E-state index is 15.6. The number of benzene rings is 12. The number of ether oxygens (including phenoxy) is 8. The Bertz CT molecular complexity index is 6610. The van der Waals surface area contributed by atoms with Crippen LogP contribution in [0.2, 0.25) is 0 Å². The number of rotatable bonds is 15. The van der Waals surface area contributed by atoms with Crippen molar-refractivity contribution in [1.82, 2.24) is 0 Å². The van der Waals surface area contributed by atoms with E-state index in [2.05, 4.69) is 0 Å². The minimum absolute atomic E-state index is 0.267. The van der Waals surface area contributed by atoms with Crippen molar-refractivity contribution in [3.8, 4) is 184 Å². The third-order valence-corrected chi connectivity index (χ3v) is 22.1. The predicted octanol–water partition coefficient (Wildman–Crippen LogP) is 9.82. The van der Waals surface area contributed by atoms with Crippen LogP contribution in [0.1, 0.15) is 145 Å². The summed E-state index contributed by atoms with van der Waals surface area (Å²) in [5, 5.41) is 320. The third kappa shape index (κ3) is 14.3. The normalized spacial score (nSPS) is 19.5. The Kier molecular flexibility index (Phi) is 20.4. The van der Waals surface area contributed by atoms with Crippen LogP contribution in [0.15, 0.2) is 152 Å². The molecule has 0 aliphatic carbocycles. The SMILES string of the molecule is O=C(O[C@@H]1C(c2c(O)cc(O)c3c2O[C@H](c2ccc(O)c(O)c2)[C@H](OC(=O)c2cc(O)c(O)c(O)c2)C3c2c(O)cc(O)c3c2O[C@H](c2ccc(O)c(O)c2)[C@H](OC(=O)c2cc(O)c(O)c(O)c2)C3c2c(O)cc(O)c3c2O[C@H](c2ccc(O)c(O)c2)[C@H](OC(=O)c2cc(O)c(O)c(O)c2)C3)c2c(O)cc(O)cc2O[C@@H]1c1ccc(O)c(O)c1)c1cc(O)c(O)c(O)c1. The lowest BCUT2D eigenvalue weighted by Crippen LogP contribution is -2.43. The lowest BCUT2D eigenvalue weighted by atomic mass is 9.71. The standard InChI is InChI=1S/C88H66O40/c89-35-21-46(99)62-60(22-35)121-76(28-2-6-38(91)43(96)10-28)82(126-86(118)32-15-54(107)72(114)55(108)16-32)68(62)64-48(101)25-50(103)66-70(84(128-88(120)34-19-58(111)74(116)59(112)20-34)78(124-80(64)66)30-4-8-40(93)45(98)12-30)67-51(104)26-49(102)65-69(83(127-87(119)33-17-56(109)73(115)57(110)18-33)77(125-81(65)67)29-3-7-39(92)44(97)11-29)63-47(100)24-41(94)36-23-61(122-85(117)31-13-52(105)71(113)53(106)14-31)75(123-79(36)63)27-1-5-37(90)42(95)9-27/h1-22,24-26,61,68-70,75-78,82-84,89-116H,23H2/t61-,68?,69?,70?,75-,76-,77-,78-,82-,83-,84-/m1/s1. The molecule has 11 atom stereocenters. The smallest absolute Gasteiger partial charge is 0.338 e. The summed E-state index contributed by atoms with van der Waals surface area (Å²) in [6, 6.07) is 18.9. The number of fused-ring (bicyclic) bond motifs is 4. The molecule has 12 aromatic rings. The summed E-state index contributed by atoms with van der Waals surface area (Å²) in [6.45, 7) is 0. The monoisotopic (exact) mass is 1760 g/mol. The van der Waals surface area contributed by atoms with Gasteiger partial charge in [-0.25, -0.2) is 19.2 Å². The second kappa shape index (κ2) is 31.2. The van der Waals surface area contributed by atoms with E-state index in [1.54, 1.807) is 0 Å². The number of carbonyl (C=O) groups is 4.